The molecule has 3 amide bonds. The molecule has 1 fully saturated rings. The average molecular weight is 482 g/mol. The molecule has 3 aromatic rings. The van der Waals surface area contributed by atoms with E-state index in [2.05, 4.69) is 10.7 Å². The SMILES string of the molecule is O=C(COc1ccc(Cl)cc1/C=C1/C(=O)NN(c2ccccc2)C1=O)Nc1ccc(Cl)cc1. The van der Waals surface area contributed by atoms with Crippen molar-refractivity contribution in [1.29, 1.82) is 0 Å². The van der Waals surface area contributed by atoms with Crippen LogP contribution in [-0.2, 0) is 14.4 Å². The molecule has 1 aliphatic rings. The molecule has 1 heterocycles. The topological polar surface area (TPSA) is 87.7 Å². The molecule has 0 aromatic heterocycles. The van der Waals surface area contributed by atoms with Crippen molar-refractivity contribution >= 4 is 58.4 Å². The van der Waals surface area contributed by atoms with Crippen LogP contribution in [0.1, 0.15) is 5.56 Å². The Labute approximate surface area is 199 Å². The largest absolute Gasteiger partial charge is 0.483 e. The maximum Gasteiger partial charge on any atom is 0.282 e. The highest BCUT2D eigenvalue weighted by Crippen LogP contribution is 2.28. The molecule has 0 atom stereocenters. The third-order valence-electron chi connectivity index (χ3n) is 4.66. The lowest BCUT2D eigenvalue weighted by Crippen LogP contribution is -2.35. The zero-order chi connectivity index (χ0) is 23.4. The molecule has 1 aliphatic heterocycles. The maximum atomic E-state index is 12.8. The third-order valence-corrected chi connectivity index (χ3v) is 5.15. The molecule has 9 heteroatoms. The summed E-state index contributed by atoms with van der Waals surface area (Å²) in [4.78, 5) is 37.6. The summed E-state index contributed by atoms with van der Waals surface area (Å²) >= 11 is 12.0. The van der Waals surface area contributed by atoms with Crippen molar-refractivity contribution in [3.63, 3.8) is 0 Å². The number of nitrogens with zero attached hydrogens (tertiary/aromatic N) is 1. The summed E-state index contributed by atoms with van der Waals surface area (Å²) in [5.41, 5.74) is 3.93. The van der Waals surface area contributed by atoms with E-state index >= 15 is 0 Å². The van der Waals surface area contributed by atoms with E-state index in [4.69, 9.17) is 27.9 Å². The second-order valence-electron chi connectivity index (χ2n) is 7.00. The first-order valence-electron chi connectivity index (χ1n) is 9.80. The smallest absolute Gasteiger partial charge is 0.282 e. The lowest BCUT2D eigenvalue weighted by atomic mass is 10.1. The molecule has 0 radical (unpaired) electrons. The summed E-state index contributed by atoms with van der Waals surface area (Å²) in [5, 5.41) is 4.79. The van der Waals surface area contributed by atoms with E-state index in [1.165, 1.54) is 11.1 Å². The van der Waals surface area contributed by atoms with Gasteiger partial charge in [0.2, 0.25) is 0 Å². The fraction of sp³-hybridized carbons (Fsp3) is 0.0417. The number of nitrogens with one attached hydrogen (secondary N) is 2. The highest BCUT2D eigenvalue weighted by atomic mass is 35.5. The number of hydrazine groups is 1. The second kappa shape index (κ2) is 9.77. The van der Waals surface area contributed by atoms with E-state index < -0.39 is 17.7 Å². The minimum Gasteiger partial charge on any atom is -0.483 e. The van der Waals surface area contributed by atoms with Crippen molar-refractivity contribution in [2.24, 2.45) is 0 Å². The number of ether oxygens (including phenoxy) is 1. The molecular weight excluding hydrogens is 465 g/mol. The van der Waals surface area contributed by atoms with Gasteiger partial charge in [-0.2, -0.15) is 0 Å². The highest BCUT2D eigenvalue weighted by molar-refractivity contribution is 6.32. The first-order chi connectivity index (χ1) is 15.9. The van der Waals surface area contributed by atoms with Gasteiger partial charge in [-0.1, -0.05) is 41.4 Å². The minimum absolute atomic E-state index is 0.0865. The number of amides is 3. The Hall–Kier alpha value is -3.81. The molecule has 7 nitrogen and oxygen atoms in total. The number of rotatable bonds is 6. The van der Waals surface area contributed by atoms with Crippen LogP contribution in [0.25, 0.3) is 6.08 Å². The number of hydrogen-bond donors (Lipinski definition) is 2. The van der Waals surface area contributed by atoms with E-state index in [1.807, 2.05) is 0 Å². The summed E-state index contributed by atoms with van der Waals surface area (Å²) in [6, 6.07) is 20.1. The van der Waals surface area contributed by atoms with Gasteiger partial charge in [0.25, 0.3) is 17.7 Å². The van der Waals surface area contributed by atoms with Crippen molar-refractivity contribution in [2.75, 3.05) is 16.9 Å². The highest BCUT2D eigenvalue weighted by Gasteiger charge is 2.34. The number of carbonyl (C=O) groups is 3. The summed E-state index contributed by atoms with van der Waals surface area (Å²) in [6.45, 7) is -0.295. The van der Waals surface area contributed by atoms with Crippen LogP contribution in [0.15, 0.2) is 78.4 Å². The average Bonchev–Trinajstić information content (AvgIpc) is 3.09. The Morgan fingerprint density at radius 1 is 0.970 bits per heavy atom. The van der Waals surface area contributed by atoms with Gasteiger partial charge in [-0.25, -0.2) is 5.01 Å². The molecule has 33 heavy (non-hydrogen) atoms. The van der Waals surface area contributed by atoms with Gasteiger partial charge in [-0.3, -0.25) is 19.8 Å². The summed E-state index contributed by atoms with van der Waals surface area (Å²) in [6.07, 6.45) is 1.39. The molecule has 166 valence electrons. The molecule has 4 rings (SSSR count). The first kappa shape index (κ1) is 22.4. The fourth-order valence-electron chi connectivity index (χ4n) is 3.11. The van der Waals surface area contributed by atoms with Crippen LogP contribution in [0, 0.1) is 0 Å². The fourth-order valence-corrected chi connectivity index (χ4v) is 3.42. The number of halogens is 2. The van der Waals surface area contributed by atoms with E-state index in [0.29, 0.717) is 27.0 Å². The standard InChI is InChI=1S/C24H17Cl2N3O4/c25-16-6-9-18(10-7-16)27-22(30)14-33-21-11-8-17(26)12-15(21)13-20-23(31)28-29(24(20)32)19-4-2-1-3-5-19/h1-13H,14H2,(H,27,30)(H,28,31)/b20-13-. The van der Waals surface area contributed by atoms with Crippen molar-refractivity contribution < 1.29 is 19.1 Å². The lowest BCUT2D eigenvalue weighted by molar-refractivity contribution is -0.118. The van der Waals surface area contributed by atoms with Crippen LogP contribution in [0.2, 0.25) is 10.0 Å². The monoisotopic (exact) mass is 481 g/mol. The van der Waals surface area contributed by atoms with Crippen LogP contribution >= 0.6 is 23.2 Å². The molecule has 0 spiro atoms. The van der Waals surface area contributed by atoms with Gasteiger partial charge in [-0.05, 0) is 60.7 Å². The second-order valence-corrected chi connectivity index (χ2v) is 7.87. The van der Waals surface area contributed by atoms with E-state index in [0.717, 1.165) is 0 Å². The number of hydrogen-bond acceptors (Lipinski definition) is 4. The van der Waals surface area contributed by atoms with Crippen molar-refractivity contribution in [3.8, 4) is 5.75 Å². The third kappa shape index (κ3) is 5.34. The predicted molar refractivity (Wildman–Crippen MR) is 127 cm³/mol. The first-order valence-corrected chi connectivity index (χ1v) is 10.6. The van der Waals surface area contributed by atoms with E-state index in [9.17, 15) is 14.4 Å². The van der Waals surface area contributed by atoms with Gasteiger partial charge < -0.3 is 10.1 Å². The zero-order valence-corrected chi connectivity index (χ0v) is 18.6. The normalized spacial score (nSPS) is 14.4. The van der Waals surface area contributed by atoms with Crippen LogP contribution in [0.4, 0.5) is 11.4 Å². The molecule has 0 bridgehead atoms. The van der Waals surface area contributed by atoms with Gasteiger partial charge in [0.1, 0.15) is 11.3 Å². The minimum atomic E-state index is -0.560. The van der Waals surface area contributed by atoms with Crippen LogP contribution < -0.4 is 20.5 Å². The molecule has 0 aliphatic carbocycles. The number of para-hydroxylation sites is 1. The van der Waals surface area contributed by atoms with Gasteiger partial charge in [-0.15, -0.1) is 0 Å². The molecule has 3 aromatic carbocycles. The molecule has 0 saturated carbocycles. The molecular formula is C24H17Cl2N3O4. The summed E-state index contributed by atoms with van der Waals surface area (Å²) in [7, 11) is 0. The van der Waals surface area contributed by atoms with Gasteiger partial charge in [0, 0.05) is 21.3 Å². The Balaban J connectivity index is 1.51. The zero-order valence-electron chi connectivity index (χ0n) is 17.0. The molecule has 2 N–H and O–H groups in total. The van der Waals surface area contributed by atoms with Gasteiger partial charge in [0.05, 0.1) is 5.69 Å². The van der Waals surface area contributed by atoms with Crippen molar-refractivity contribution in [2.45, 2.75) is 0 Å². The summed E-state index contributed by atoms with van der Waals surface area (Å²) < 4.78 is 5.64. The van der Waals surface area contributed by atoms with Crippen molar-refractivity contribution in [3.05, 3.63) is 94.0 Å². The Morgan fingerprint density at radius 2 is 1.67 bits per heavy atom. The number of carbonyl (C=O) groups excluding carboxylic acids is 3. The van der Waals surface area contributed by atoms with Crippen molar-refractivity contribution in [1.82, 2.24) is 5.43 Å². The Bertz CT molecular complexity index is 1240. The molecule has 0 unspecified atom stereocenters. The summed E-state index contributed by atoms with van der Waals surface area (Å²) in [5.74, 6) is -1.18. The van der Waals surface area contributed by atoms with E-state index in [-0.39, 0.29) is 17.9 Å². The van der Waals surface area contributed by atoms with Crippen LogP contribution in [0.5, 0.6) is 5.75 Å². The van der Waals surface area contributed by atoms with E-state index in [1.54, 1.807) is 72.8 Å². The number of anilines is 2. The van der Waals surface area contributed by atoms with Crippen LogP contribution in [0.3, 0.4) is 0 Å². The van der Waals surface area contributed by atoms with Gasteiger partial charge in [0.15, 0.2) is 6.61 Å². The molecule has 1 saturated heterocycles. The van der Waals surface area contributed by atoms with Gasteiger partial charge >= 0.3 is 0 Å². The quantitative estimate of drug-likeness (QED) is 0.401. The number of benzene rings is 3. The Kier molecular flexibility index (Phi) is 6.63. The van der Waals surface area contributed by atoms with Crippen LogP contribution in [-0.4, -0.2) is 24.3 Å². The Morgan fingerprint density at radius 3 is 2.39 bits per heavy atom. The predicted octanol–water partition coefficient (Wildman–Crippen LogP) is 4.47. The maximum absolute atomic E-state index is 12.8. The lowest BCUT2D eigenvalue weighted by Gasteiger charge is -2.14.